The fraction of sp³-hybridized carbons (Fsp3) is 0.333. The van der Waals surface area contributed by atoms with Crippen LogP contribution in [0.1, 0.15) is 37.0 Å². The zero-order chi connectivity index (χ0) is 14.8. The Labute approximate surface area is 121 Å². The lowest BCUT2D eigenvalue weighted by atomic mass is 9.95. The van der Waals surface area contributed by atoms with Crippen LogP contribution in [0.2, 0.25) is 0 Å². The second-order valence-electron chi connectivity index (χ2n) is 4.99. The minimum atomic E-state index is -1.23. The number of nitrogens with one attached hydrogen (secondary N) is 1. The summed E-state index contributed by atoms with van der Waals surface area (Å²) >= 11 is 1.48. The fourth-order valence-electron chi connectivity index (χ4n) is 2.19. The number of benzene rings is 1. The summed E-state index contributed by atoms with van der Waals surface area (Å²) in [6, 6.07) is 7.60. The van der Waals surface area contributed by atoms with E-state index in [1.54, 1.807) is 12.3 Å². The zero-order valence-corrected chi connectivity index (χ0v) is 12.3. The number of fused-ring (bicyclic) bond motifs is 1. The van der Waals surface area contributed by atoms with E-state index in [-0.39, 0.29) is 5.91 Å². The molecule has 0 saturated carbocycles. The van der Waals surface area contributed by atoms with Gasteiger partial charge in [0.2, 0.25) is 0 Å². The second kappa shape index (κ2) is 5.63. The Morgan fingerprint density at radius 3 is 2.70 bits per heavy atom. The molecule has 2 N–H and O–H groups in total. The molecular weight excluding hydrogens is 274 g/mol. The molecule has 2 rings (SSSR count). The quantitative estimate of drug-likeness (QED) is 0.888. The van der Waals surface area contributed by atoms with Crippen LogP contribution in [0.5, 0.6) is 0 Å². The summed E-state index contributed by atoms with van der Waals surface area (Å²) in [5, 5.41) is 14.6. The Balaban J connectivity index is 2.29. The summed E-state index contributed by atoms with van der Waals surface area (Å²) in [6.45, 7) is 3.44. The summed E-state index contributed by atoms with van der Waals surface area (Å²) < 4.78 is 1.02. The first-order valence-corrected chi connectivity index (χ1v) is 7.38. The van der Waals surface area contributed by atoms with Gasteiger partial charge in [0, 0.05) is 15.5 Å². The van der Waals surface area contributed by atoms with Crippen molar-refractivity contribution < 1.29 is 14.7 Å². The minimum absolute atomic E-state index is 0.333. The summed E-state index contributed by atoms with van der Waals surface area (Å²) in [5.74, 6) is -1.34. The van der Waals surface area contributed by atoms with Gasteiger partial charge >= 0.3 is 5.97 Å². The van der Waals surface area contributed by atoms with Gasteiger partial charge in [0.05, 0.1) is 5.56 Å². The van der Waals surface area contributed by atoms with Crippen LogP contribution in [0.15, 0.2) is 29.6 Å². The Morgan fingerprint density at radius 1 is 1.35 bits per heavy atom. The van der Waals surface area contributed by atoms with E-state index in [0.717, 1.165) is 10.1 Å². The van der Waals surface area contributed by atoms with E-state index in [2.05, 4.69) is 5.32 Å². The van der Waals surface area contributed by atoms with Crippen LogP contribution in [0.4, 0.5) is 0 Å². The highest BCUT2D eigenvalue weighted by Crippen LogP contribution is 2.26. The Kier molecular flexibility index (Phi) is 4.09. The van der Waals surface area contributed by atoms with Crippen molar-refractivity contribution in [1.82, 2.24) is 5.32 Å². The third-order valence-corrected chi connectivity index (χ3v) is 4.30. The van der Waals surface area contributed by atoms with Crippen LogP contribution >= 0.6 is 11.3 Å². The maximum Gasteiger partial charge on any atom is 0.329 e. The maximum atomic E-state index is 12.3. The van der Waals surface area contributed by atoms with E-state index in [0.29, 0.717) is 18.4 Å². The third-order valence-electron chi connectivity index (χ3n) is 3.34. The predicted octanol–water partition coefficient (Wildman–Crippen LogP) is 3.27. The van der Waals surface area contributed by atoms with Crippen LogP contribution in [0, 0.1) is 0 Å². The summed E-state index contributed by atoms with van der Waals surface area (Å²) in [5.41, 5.74) is -0.691. The van der Waals surface area contributed by atoms with Crippen molar-refractivity contribution in [1.29, 1.82) is 0 Å². The molecule has 0 fully saturated rings. The van der Waals surface area contributed by atoms with Gasteiger partial charge in [-0.1, -0.05) is 31.5 Å². The van der Waals surface area contributed by atoms with Gasteiger partial charge in [-0.25, -0.2) is 4.79 Å². The number of rotatable bonds is 5. The summed E-state index contributed by atoms with van der Waals surface area (Å²) in [6.07, 6.45) is 1.09. The van der Waals surface area contributed by atoms with Crippen LogP contribution in [-0.4, -0.2) is 22.5 Å². The number of aliphatic carboxylic acids is 1. The van der Waals surface area contributed by atoms with E-state index < -0.39 is 11.5 Å². The molecule has 0 aliphatic rings. The molecule has 1 atom stereocenters. The molecule has 0 spiro atoms. The number of hydrogen-bond acceptors (Lipinski definition) is 3. The van der Waals surface area contributed by atoms with E-state index in [1.807, 2.05) is 31.2 Å². The fourth-order valence-corrected chi connectivity index (χ4v) is 3.14. The molecule has 1 heterocycles. The van der Waals surface area contributed by atoms with E-state index >= 15 is 0 Å². The number of carbonyl (C=O) groups excluding carboxylic acids is 1. The molecule has 20 heavy (non-hydrogen) atoms. The molecule has 5 heteroatoms. The maximum absolute atomic E-state index is 12.3. The first-order valence-electron chi connectivity index (χ1n) is 6.50. The molecular formula is C15H17NO3S. The number of hydrogen-bond donors (Lipinski definition) is 2. The van der Waals surface area contributed by atoms with Crippen molar-refractivity contribution in [2.75, 3.05) is 0 Å². The molecule has 0 saturated heterocycles. The predicted molar refractivity (Wildman–Crippen MR) is 80.2 cm³/mol. The van der Waals surface area contributed by atoms with Crippen molar-refractivity contribution in [3.05, 3.63) is 35.2 Å². The van der Waals surface area contributed by atoms with Crippen molar-refractivity contribution in [3.63, 3.8) is 0 Å². The number of carboxylic acid groups (broad SMARTS) is 1. The topological polar surface area (TPSA) is 66.4 Å². The van der Waals surface area contributed by atoms with Gasteiger partial charge in [-0.05, 0) is 19.4 Å². The summed E-state index contributed by atoms with van der Waals surface area (Å²) in [4.78, 5) is 23.7. The molecule has 4 nitrogen and oxygen atoms in total. The average Bonchev–Trinajstić information content (AvgIpc) is 2.82. The molecule has 1 aromatic heterocycles. The lowest BCUT2D eigenvalue weighted by molar-refractivity contribution is -0.144. The lowest BCUT2D eigenvalue weighted by Crippen LogP contribution is -2.52. The lowest BCUT2D eigenvalue weighted by Gasteiger charge is -2.25. The normalized spacial score (nSPS) is 13.9. The Bertz CT molecular complexity index is 649. The number of thiophene rings is 1. The highest BCUT2D eigenvalue weighted by molar-refractivity contribution is 7.17. The molecule has 1 unspecified atom stereocenters. The third kappa shape index (κ3) is 2.67. The number of carbonyl (C=O) groups is 2. The van der Waals surface area contributed by atoms with Crippen LogP contribution < -0.4 is 5.32 Å². The highest BCUT2D eigenvalue weighted by Gasteiger charge is 2.34. The van der Waals surface area contributed by atoms with Crippen LogP contribution in [0.3, 0.4) is 0 Å². The van der Waals surface area contributed by atoms with Gasteiger partial charge in [-0.3, -0.25) is 4.79 Å². The van der Waals surface area contributed by atoms with Crippen molar-refractivity contribution in [2.24, 2.45) is 0 Å². The molecule has 1 aromatic carbocycles. The molecule has 0 radical (unpaired) electrons. The molecule has 1 amide bonds. The SMILES string of the molecule is CCCC(C)(NC(=O)c1csc2ccccc12)C(=O)O. The van der Waals surface area contributed by atoms with Crippen molar-refractivity contribution >= 4 is 33.3 Å². The standard InChI is InChI=1S/C15H17NO3S/c1-3-8-15(2,14(18)19)16-13(17)11-9-20-12-7-5-4-6-10(11)12/h4-7,9H,3,8H2,1-2H3,(H,16,17)(H,18,19). The first-order chi connectivity index (χ1) is 9.48. The van der Waals surface area contributed by atoms with Crippen LogP contribution in [0.25, 0.3) is 10.1 Å². The van der Waals surface area contributed by atoms with Gasteiger partial charge < -0.3 is 10.4 Å². The highest BCUT2D eigenvalue weighted by atomic mass is 32.1. The van der Waals surface area contributed by atoms with Gasteiger partial charge in [-0.15, -0.1) is 11.3 Å². The second-order valence-corrected chi connectivity index (χ2v) is 5.90. The minimum Gasteiger partial charge on any atom is -0.480 e. The van der Waals surface area contributed by atoms with Gasteiger partial charge in [0.1, 0.15) is 5.54 Å². The molecule has 106 valence electrons. The molecule has 2 aromatic rings. The zero-order valence-electron chi connectivity index (χ0n) is 11.5. The largest absolute Gasteiger partial charge is 0.480 e. The molecule has 0 bridgehead atoms. The smallest absolute Gasteiger partial charge is 0.329 e. The number of amides is 1. The molecule has 0 aliphatic carbocycles. The van der Waals surface area contributed by atoms with E-state index in [1.165, 1.54) is 11.3 Å². The summed E-state index contributed by atoms with van der Waals surface area (Å²) in [7, 11) is 0. The van der Waals surface area contributed by atoms with E-state index in [9.17, 15) is 14.7 Å². The van der Waals surface area contributed by atoms with E-state index in [4.69, 9.17) is 0 Å². The average molecular weight is 291 g/mol. The Hall–Kier alpha value is -1.88. The van der Waals surface area contributed by atoms with Crippen LogP contribution in [-0.2, 0) is 4.79 Å². The van der Waals surface area contributed by atoms with Crippen molar-refractivity contribution in [2.45, 2.75) is 32.2 Å². The molecule has 0 aliphatic heterocycles. The van der Waals surface area contributed by atoms with Gasteiger partial charge in [0.25, 0.3) is 5.91 Å². The number of carboxylic acids is 1. The first kappa shape index (κ1) is 14.5. The van der Waals surface area contributed by atoms with Gasteiger partial charge in [-0.2, -0.15) is 0 Å². The monoisotopic (exact) mass is 291 g/mol. The Morgan fingerprint density at radius 2 is 2.05 bits per heavy atom. The van der Waals surface area contributed by atoms with Gasteiger partial charge in [0.15, 0.2) is 0 Å². The van der Waals surface area contributed by atoms with Crippen molar-refractivity contribution in [3.8, 4) is 0 Å².